The Kier molecular flexibility index (Phi) is 2.15. The fourth-order valence-electron chi connectivity index (χ4n) is 1.70. The van der Waals surface area contributed by atoms with Crippen LogP contribution in [0.25, 0.3) is 0 Å². The summed E-state index contributed by atoms with van der Waals surface area (Å²) in [6.45, 7) is 2.10. The summed E-state index contributed by atoms with van der Waals surface area (Å²) in [4.78, 5) is 0. The van der Waals surface area contributed by atoms with E-state index in [4.69, 9.17) is 5.73 Å². The average Bonchev–Trinajstić information content (AvgIpc) is 2.26. The lowest BCUT2D eigenvalue weighted by Gasteiger charge is -2.12. The Bertz CT molecular complexity index is 385. The van der Waals surface area contributed by atoms with Gasteiger partial charge in [0.25, 0.3) is 0 Å². The number of halogens is 1. The zero-order chi connectivity index (χ0) is 10.1. The summed E-state index contributed by atoms with van der Waals surface area (Å²) in [5.41, 5.74) is 7.58. The van der Waals surface area contributed by atoms with Crippen molar-refractivity contribution in [2.24, 2.45) is 5.73 Å². The first-order valence-corrected chi connectivity index (χ1v) is 4.69. The molecule has 1 unspecified atom stereocenters. The Balaban J connectivity index is 2.48. The van der Waals surface area contributed by atoms with Gasteiger partial charge in [0.2, 0.25) is 0 Å². The summed E-state index contributed by atoms with van der Waals surface area (Å²) in [7, 11) is 0. The van der Waals surface area contributed by atoms with Crippen LogP contribution in [0, 0.1) is 5.82 Å². The van der Waals surface area contributed by atoms with Crippen molar-refractivity contribution in [1.29, 1.82) is 0 Å². The van der Waals surface area contributed by atoms with Crippen LogP contribution in [0.1, 0.15) is 24.8 Å². The minimum absolute atomic E-state index is 0.238. The lowest BCUT2D eigenvalue weighted by molar-refractivity contribution is 0.626. The molecule has 0 fully saturated rings. The van der Waals surface area contributed by atoms with Gasteiger partial charge in [-0.25, -0.2) is 4.39 Å². The first kappa shape index (κ1) is 9.06. The molecule has 0 saturated heterocycles. The number of rotatable bonds is 0. The van der Waals surface area contributed by atoms with E-state index in [9.17, 15) is 4.39 Å². The second-order valence-electron chi connectivity index (χ2n) is 3.65. The van der Waals surface area contributed by atoms with Crippen LogP contribution >= 0.6 is 0 Å². The quantitative estimate of drug-likeness (QED) is 0.663. The maximum absolute atomic E-state index is 13.0. The van der Waals surface area contributed by atoms with E-state index in [1.165, 1.54) is 12.1 Å². The molecule has 0 aliphatic carbocycles. The highest BCUT2D eigenvalue weighted by Crippen LogP contribution is 2.30. The molecule has 1 heterocycles. The summed E-state index contributed by atoms with van der Waals surface area (Å²) >= 11 is 0. The molecule has 3 heteroatoms. The van der Waals surface area contributed by atoms with Crippen LogP contribution in [0.2, 0.25) is 0 Å². The van der Waals surface area contributed by atoms with Crippen molar-refractivity contribution >= 4 is 5.69 Å². The van der Waals surface area contributed by atoms with Gasteiger partial charge in [-0.1, -0.05) is 13.0 Å². The summed E-state index contributed by atoms with van der Waals surface area (Å²) < 4.78 is 13.0. The third-order valence-corrected chi connectivity index (χ3v) is 2.52. The van der Waals surface area contributed by atoms with Gasteiger partial charge in [-0.15, -0.1) is 0 Å². The first-order chi connectivity index (χ1) is 6.66. The van der Waals surface area contributed by atoms with Gasteiger partial charge in [0.05, 0.1) is 5.82 Å². The van der Waals surface area contributed by atoms with E-state index in [-0.39, 0.29) is 5.82 Å². The van der Waals surface area contributed by atoms with E-state index in [2.05, 4.69) is 12.2 Å². The number of hydrogen-bond acceptors (Lipinski definition) is 2. The van der Waals surface area contributed by atoms with Crippen LogP contribution in [0.15, 0.2) is 30.1 Å². The SMILES string of the molecule is CC1CC=C(N)Nc2cc(F)ccc21. The molecule has 1 atom stereocenters. The highest BCUT2D eigenvalue weighted by Gasteiger charge is 2.14. The standard InChI is InChI=1S/C11H13FN2/c1-7-2-5-11(13)14-10-6-8(12)3-4-9(7)10/h3-7,14H,2,13H2,1H3. The molecule has 0 bridgehead atoms. The van der Waals surface area contributed by atoms with Crippen molar-refractivity contribution in [3.63, 3.8) is 0 Å². The highest BCUT2D eigenvalue weighted by molar-refractivity contribution is 5.57. The molecule has 0 spiro atoms. The van der Waals surface area contributed by atoms with Gasteiger partial charge in [-0.05, 0) is 36.1 Å². The second-order valence-corrected chi connectivity index (χ2v) is 3.65. The molecule has 1 aliphatic heterocycles. The molecular weight excluding hydrogens is 179 g/mol. The van der Waals surface area contributed by atoms with Gasteiger partial charge in [-0.2, -0.15) is 0 Å². The van der Waals surface area contributed by atoms with Crippen LogP contribution in [0.4, 0.5) is 10.1 Å². The minimum atomic E-state index is -0.238. The fourth-order valence-corrected chi connectivity index (χ4v) is 1.70. The molecule has 1 aliphatic rings. The largest absolute Gasteiger partial charge is 0.386 e. The number of nitrogens with one attached hydrogen (secondary N) is 1. The molecule has 0 radical (unpaired) electrons. The van der Waals surface area contributed by atoms with Crippen LogP contribution in [-0.2, 0) is 0 Å². The van der Waals surface area contributed by atoms with Gasteiger partial charge in [0.1, 0.15) is 5.82 Å². The third kappa shape index (κ3) is 1.58. The second kappa shape index (κ2) is 3.33. The van der Waals surface area contributed by atoms with Gasteiger partial charge < -0.3 is 11.1 Å². The zero-order valence-corrected chi connectivity index (χ0v) is 8.05. The van der Waals surface area contributed by atoms with E-state index < -0.39 is 0 Å². The van der Waals surface area contributed by atoms with E-state index in [0.29, 0.717) is 11.7 Å². The Hall–Kier alpha value is -1.51. The molecule has 1 aromatic rings. The van der Waals surface area contributed by atoms with Crippen molar-refractivity contribution in [2.45, 2.75) is 19.3 Å². The van der Waals surface area contributed by atoms with E-state index in [0.717, 1.165) is 17.7 Å². The van der Waals surface area contributed by atoms with Gasteiger partial charge in [0.15, 0.2) is 0 Å². The summed E-state index contributed by atoms with van der Waals surface area (Å²) in [5, 5.41) is 2.99. The van der Waals surface area contributed by atoms with Gasteiger partial charge in [-0.3, -0.25) is 0 Å². The van der Waals surface area contributed by atoms with E-state index in [1.54, 1.807) is 0 Å². The van der Waals surface area contributed by atoms with Crippen molar-refractivity contribution < 1.29 is 4.39 Å². The van der Waals surface area contributed by atoms with Crippen LogP contribution in [-0.4, -0.2) is 0 Å². The maximum Gasteiger partial charge on any atom is 0.125 e. The monoisotopic (exact) mass is 192 g/mol. The molecule has 14 heavy (non-hydrogen) atoms. The van der Waals surface area contributed by atoms with Crippen molar-refractivity contribution in [3.8, 4) is 0 Å². The Morgan fingerprint density at radius 3 is 3.07 bits per heavy atom. The van der Waals surface area contributed by atoms with Crippen LogP contribution in [0.5, 0.6) is 0 Å². The molecular formula is C11H13FN2. The first-order valence-electron chi connectivity index (χ1n) is 4.69. The van der Waals surface area contributed by atoms with Gasteiger partial charge >= 0.3 is 0 Å². The number of hydrogen-bond donors (Lipinski definition) is 2. The number of allylic oxidation sites excluding steroid dienone is 1. The number of fused-ring (bicyclic) bond motifs is 1. The van der Waals surface area contributed by atoms with E-state index in [1.807, 2.05) is 12.1 Å². The molecule has 3 N–H and O–H groups in total. The smallest absolute Gasteiger partial charge is 0.125 e. The normalized spacial score (nSPS) is 20.4. The molecule has 0 aromatic heterocycles. The molecule has 0 amide bonds. The van der Waals surface area contributed by atoms with Crippen molar-refractivity contribution in [3.05, 3.63) is 41.5 Å². The molecule has 1 aromatic carbocycles. The number of anilines is 1. The number of nitrogens with two attached hydrogens (primary N) is 1. The lowest BCUT2D eigenvalue weighted by atomic mass is 9.97. The van der Waals surface area contributed by atoms with Crippen molar-refractivity contribution in [1.82, 2.24) is 0 Å². The highest BCUT2D eigenvalue weighted by atomic mass is 19.1. The van der Waals surface area contributed by atoms with Crippen LogP contribution < -0.4 is 11.1 Å². The maximum atomic E-state index is 13.0. The van der Waals surface area contributed by atoms with Crippen molar-refractivity contribution in [2.75, 3.05) is 5.32 Å². The third-order valence-electron chi connectivity index (χ3n) is 2.52. The van der Waals surface area contributed by atoms with E-state index >= 15 is 0 Å². The summed E-state index contributed by atoms with van der Waals surface area (Å²) in [6, 6.07) is 4.78. The average molecular weight is 192 g/mol. The molecule has 2 nitrogen and oxygen atoms in total. The molecule has 0 saturated carbocycles. The lowest BCUT2D eigenvalue weighted by Crippen LogP contribution is -2.08. The zero-order valence-electron chi connectivity index (χ0n) is 8.05. The summed E-state index contributed by atoms with van der Waals surface area (Å²) in [5.74, 6) is 0.735. The van der Waals surface area contributed by atoms with Gasteiger partial charge in [0, 0.05) is 5.69 Å². The topological polar surface area (TPSA) is 38.0 Å². The Labute approximate surface area is 82.6 Å². The van der Waals surface area contributed by atoms with Crippen LogP contribution in [0.3, 0.4) is 0 Å². The molecule has 74 valence electrons. The Morgan fingerprint density at radius 1 is 1.50 bits per heavy atom. The predicted molar refractivity (Wildman–Crippen MR) is 55.3 cm³/mol. The fraction of sp³-hybridized carbons (Fsp3) is 0.273. The summed E-state index contributed by atoms with van der Waals surface area (Å²) in [6.07, 6.45) is 2.82. The Morgan fingerprint density at radius 2 is 2.29 bits per heavy atom. The minimum Gasteiger partial charge on any atom is -0.386 e. The predicted octanol–water partition coefficient (Wildman–Crippen LogP) is 2.54. The molecule has 2 rings (SSSR count). The number of benzene rings is 1.